The number of hydrogen-bond acceptors (Lipinski definition) is 2. The quantitative estimate of drug-likeness (QED) is 0.652. The Morgan fingerprint density at radius 3 is 2.38 bits per heavy atom. The molecule has 0 heterocycles. The Morgan fingerprint density at radius 1 is 1.14 bits per heavy atom. The molecule has 0 bridgehead atoms. The van der Waals surface area contributed by atoms with Gasteiger partial charge in [-0.15, -0.1) is 0 Å². The number of unbranched alkanes of at least 4 members (excludes halogenated alkanes) is 2. The van der Waals surface area contributed by atoms with E-state index in [1.807, 2.05) is 12.1 Å². The van der Waals surface area contributed by atoms with E-state index < -0.39 is 0 Å². The summed E-state index contributed by atoms with van der Waals surface area (Å²) in [5, 5.41) is 3.32. The summed E-state index contributed by atoms with van der Waals surface area (Å²) >= 11 is 0. The van der Waals surface area contributed by atoms with Gasteiger partial charge in [0, 0.05) is 18.6 Å². The van der Waals surface area contributed by atoms with Crippen LogP contribution in [0.5, 0.6) is 0 Å². The van der Waals surface area contributed by atoms with Gasteiger partial charge in [-0.3, -0.25) is 0 Å². The molecular weight excluding hydrogens is 263 g/mol. The Bertz CT molecular complexity index is 418. The molecule has 1 atom stereocenters. The van der Waals surface area contributed by atoms with Crippen molar-refractivity contribution in [2.75, 3.05) is 18.0 Å². The first-order valence-electron chi connectivity index (χ1n) is 8.30. The second-order valence-electron chi connectivity index (χ2n) is 5.98. The van der Waals surface area contributed by atoms with Gasteiger partial charge >= 0.3 is 0 Å². The van der Waals surface area contributed by atoms with Crippen molar-refractivity contribution in [3.63, 3.8) is 0 Å². The smallest absolute Gasteiger partial charge is 0.146 e. The minimum atomic E-state index is -0.109. The molecule has 0 saturated carbocycles. The number of rotatable bonds is 9. The van der Waals surface area contributed by atoms with E-state index in [-0.39, 0.29) is 11.9 Å². The summed E-state index contributed by atoms with van der Waals surface area (Å²) in [6.07, 6.45) is 3.50. The summed E-state index contributed by atoms with van der Waals surface area (Å²) in [7, 11) is 0. The fraction of sp³-hybridized carbons (Fsp3) is 0.667. The van der Waals surface area contributed by atoms with Gasteiger partial charge in [-0.1, -0.05) is 32.8 Å². The SMILES string of the molecule is CCCCCN(c1ccc(C(C)NCC)cc1F)C(C)C. The molecule has 1 unspecified atom stereocenters. The highest BCUT2D eigenvalue weighted by Crippen LogP contribution is 2.25. The fourth-order valence-electron chi connectivity index (χ4n) is 2.64. The molecule has 120 valence electrons. The molecule has 0 saturated heterocycles. The first-order chi connectivity index (χ1) is 10.0. The van der Waals surface area contributed by atoms with Crippen LogP contribution in [0.4, 0.5) is 10.1 Å². The average molecular weight is 294 g/mol. The lowest BCUT2D eigenvalue weighted by molar-refractivity contribution is 0.568. The number of hydrogen-bond donors (Lipinski definition) is 1. The van der Waals surface area contributed by atoms with Gasteiger partial charge in [0.15, 0.2) is 0 Å². The topological polar surface area (TPSA) is 15.3 Å². The summed E-state index contributed by atoms with van der Waals surface area (Å²) < 4.78 is 14.5. The largest absolute Gasteiger partial charge is 0.367 e. The van der Waals surface area contributed by atoms with Crippen LogP contribution in [-0.2, 0) is 0 Å². The highest BCUT2D eigenvalue weighted by Gasteiger charge is 2.16. The van der Waals surface area contributed by atoms with Crippen molar-refractivity contribution < 1.29 is 4.39 Å². The summed E-state index contributed by atoms with van der Waals surface area (Å²) in [5.74, 6) is -0.109. The van der Waals surface area contributed by atoms with Gasteiger partial charge in [0.05, 0.1) is 5.69 Å². The fourth-order valence-corrected chi connectivity index (χ4v) is 2.64. The van der Waals surface area contributed by atoms with Crippen molar-refractivity contribution in [2.24, 2.45) is 0 Å². The molecule has 0 spiro atoms. The van der Waals surface area contributed by atoms with E-state index in [2.05, 4.69) is 44.8 Å². The zero-order valence-electron chi connectivity index (χ0n) is 14.2. The summed E-state index contributed by atoms with van der Waals surface area (Å²) in [4.78, 5) is 2.17. The molecule has 0 aliphatic rings. The van der Waals surface area contributed by atoms with Crippen LogP contribution in [0.2, 0.25) is 0 Å². The van der Waals surface area contributed by atoms with Crippen LogP contribution >= 0.6 is 0 Å². The molecule has 0 aliphatic carbocycles. The minimum absolute atomic E-state index is 0.109. The van der Waals surface area contributed by atoms with E-state index >= 15 is 0 Å². The number of anilines is 1. The average Bonchev–Trinajstić information content (AvgIpc) is 2.44. The normalized spacial score (nSPS) is 12.7. The molecule has 3 heteroatoms. The van der Waals surface area contributed by atoms with Crippen molar-refractivity contribution in [1.29, 1.82) is 0 Å². The Labute approximate surface area is 129 Å². The van der Waals surface area contributed by atoms with Crippen LogP contribution in [-0.4, -0.2) is 19.1 Å². The van der Waals surface area contributed by atoms with Crippen molar-refractivity contribution in [1.82, 2.24) is 5.32 Å². The van der Waals surface area contributed by atoms with Crippen molar-refractivity contribution >= 4 is 5.69 Å². The lowest BCUT2D eigenvalue weighted by Crippen LogP contribution is -2.32. The zero-order valence-corrected chi connectivity index (χ0v) is 14.2. The molecule has 1 rings (SSSR count). The first-order valence-corrected chi connectivity index (χ1v) is 8.30. The summed E-state index contributed by atoms with van der Waals surface area (Å²) in [6.45, 7) is 12.4. The van der Waals surface area contributed by atoms with Gasteiger partial charge in [-0.25, -0.2) is 4.39 Å². The number of nitrogens with zero attached hydrogens (tertiary/aromatic N) is 1. The molecule has 21 heavy (non-hydrogen) atoms. The van der Waals surface area contributed by atoms with Gasteiger partial charge in [0.2, 0.25) is 0 Å². The summed E-state index contributed by atoms with van der Waals surface area (Å²) in [6, 6.07) is 6.16. The maximum atomic E-state index is 14.5. The van der Waals surface area contributed by atoms with Crippen LogP contribution in [0.1, 0.15) is 65.5 Å². The zero-order chi connectivity index (χ0) is 15.8. The van der Waals surface area contributed by atoms with Crippen LogP contribution in [0, 0.1) is 5.82 Å². The maximum absolute atomic E-state index is 14.5. The first kappa shape index (κ1) is 18.0. The van der Waals surface area contributed by atoms with Gasteiger partial charge in [-0.2, -0.15) is 0 Å². The van der Waals surface area contributed by atoms with E-state index in [9.17, 15) is 4.39 Å². The lowest BCUT2D eigenvalue weighted by atomic mass is 10.1. The highest BCUT2D eigenvalue weighted by molar-refractivity contribution is 5.50. The lowest BCUT2D eigenvalue weighted by Gasteiger charge is -2.30. The second-order valence-corrected chi connectivity index (χ2v) is 5.98. The third-order valence-corrected chi connectivity index (χ3v) is 3.92. The third kappa shape index (κ3) is 5.31. The van der Waals surface area contributed by atoms with Crippen molar-refractivity contribution in [3.05, 3.63) is 29.6 Å². The molecule has 1 N–H and O–H groups in total. The predicted octanol–water partition coefficient (Wildman–Crippen LogP) is 4.90. The standard InChI is InChI=1S/C18H31FN2/c1-6-8-9-12-21(14(3)4)18-11-10-16(13-17(18)19)15(5)20-7-2/h10-11,13-15,20H,6-9,12H2,1-5H3. The maximum Gasteiger partial charge on any atom is 0.146 e. The van der Waals surface area contributed by atoms with Gasteiger partial charge in [0.25, 0.3) is 0 Å². The number of halogens is 1. The van der Waals surface area contributed by atoms with Crippen LogP contribution in [0.15, 0.2) is 18.2 Å². The molecule has 0 aliphatic heterocycles. The van der Waals surface area contributed by atoms with Crippen molar-refractivity contribution in [2.45, 2.75) is 66.0 Å². The van der Waals surface area contributed by atoms with Gasteiger partial charge in [0.1, 0.15) is 5.82 Å². The Kier molecular flexibility index (Phi) is 7.73. The minimum Gasteiger partial charge on any atom is -0.367 e. The third-order valence-electron chi connectivity index (χ3n) is 3.92. The Balaban J connectivity index is 2.89. The Morgan fingerprint density at radius 2 is 1.86 bits per heavy atom. The van der Waals surface area contributed by atoms with E-state index in [1.54, 1.807) is 6.07 Å². The van der Waals surface area contributed by atoms with Crippen LogP contribution < -0.4 is 10.2 Å². The molecule has 0 radical (unpaired) electrons. The number of nitrogens with one attached hydrogen (secondary N) is 1. The van der Waals surface area contributed by atoms with E-state index in [4.69, 9.17) is 0 Å². The predicted molar refractivity (Wildman–Crippen MR) is 90.5 cm³/mol. The van der Waals surface area contributed by atoms with Crippen LogP contribution in [0.3, 0.4) is 0 Å². The molecular formula is C18H31FN2. The van der Waals surface area contributed by atoms with E-state index in [0.717, 1.165) is 30.8 Å². The molecule has 0 amide bonds. The molecule has 1 aromatic rings. The summed E-state index contributed by atoms with van der Waals surface area (Å²) in [5.41, 5.74) is 1.74. The molecule has 0 fully saturated rings. The molecule has 1 aromatic carbocycles. The van der Waals surface area contributed by atoms with Gasteiger partial charge < -0.3 is 10.2 Å². The van der Waals surface area contributed by atoms with Crippen molar-refractivity contribution in [3.8, 4) is 0 Å². The molecule has 2 nitrogen and oxygen atoms in total. The monoisotopic (exact) mass is 294 g/mol. The Hall–Kier alpha value is -1.09. The van der Waals surface area contributed by atoms with Gasteiger partial charge in [-0.05, 0) is 51.4 Å². The number of benzene rings is 1. The van der Waals surface area contributed by atoms with E-state index in [0.29, 0.717) is 6.04 Å². The highest BCUT2D eigenvalue weighted by atomic mass is 19.1. The van der Waals surface area contributed by atoms with E-state index in [1.165, 1.54) is 12.8 Å². The second kappa shape index (κ2) is 9.04. The molecule has 0 aromatic heterocycles. The van der Waals surface area contributed by atoms with Crippen LogP contribution in [0.25, 0.3) is 0 Å².